The number of rotatable bonds is 3. The van der Waals surface area contributed by atoms with E-state index in [9.17, 15) is 18.9 Å². The van der Waals surface area contributed by atoms with Gasteiger partial charge in [-0.15, -0.1) is 0 Å². The Hall–Kier alpha value is -1.93. The molecule has 1 heterocycles. The summed E-state index contributed by atoms with van der Waals surface area (Å²) in [5, 5.41) is 12.6. The molecule has 0 fully saturated rings. The Morgan fingerprint density at radius 2 is 1.83 bits per heavy atom. The smallest absolute Gasteiger partial charge is 0.322 e. The summed E-state index contributed by atoms with van der Waals surface area (Å²) in [6, 6.07) is 10.5. The number of hydrogen-bond donors (Lipinski definition) is 0. The quantitative estimate of drug-likeness (QED) is 0.490. The topological polar surface area (TPSA) is 51.0 Å². The van der Waals surface area contributed by atoms with Gasteiger partial charge in [0.25, 0.3) is 5.52 Å². The fraction of sp³-hybridized carbons (Fsp3) is 0.0667. The van der Waals surface area contributed by atoms with Crippen molar-refractivity contribution in [1.29, 1.82) is 0 Å². The third-order valence-electron chi connectivity index (χ3n) is 3.22. The van der Waals surface area contributed by atoms with E-state index < -0.39 is 11.6 Å². The molecule has 4 nitrogen and oxygen atoms in total. The van der Waals surface area contributed by atoms with Crippen molar-refractivity contribution in [2.45, 2.75) is 15.3 Å². The van der Waals surface area contributed by atoms with Crippen molar-refractivity contribution in [3.63, 3.8) is 0 Å². The predicted molar refractivity (Wildman–Crippen MR) is 87.2 cm³/mol. The molecule has 0 aliphatic rings. The number of benzene rings is 2. The van der Waals surface area contributed by atoms with E-state index in [1.165, 1.54) is 0 Å². The minimum Gasteiger partial charge on any atom is -0.805 e. The Kier molecular flexibility index (Phi) is 4.36. The van der Waals surface area contributed by atoms with Crippen LogP contribution in [0.4, 0.5) is 8.78 Å². The molecule has 2 aromatic carbocycles. The van der Waals surface area contributed by atoms with Gasteiger partial charge >= 0.3 is 5.03 Å². The molecule has 118 valence electrons. The molecule has 0 amide bonds. The number of hydrogen-bond acceptors (Lipinski definition) is 3. The predicted octanol–water partition coefficient (Wildman–Crippen LogP) is 4.23. The van der Waals surface area contributed by atoms with Crippen LogP contribution in [0.2, 0.25) is 0 Å². The molecule has 0 unspecified atom stereocenters. The highest BCUT2D eigenvalue weighted by Gasteiger charge is 2.24. The van der Waals surface area contributed by atoms with Gasteiger partial charge < -0.3 is 9.94 Å². The molecule has 1 aromatic heterocycles. The summed E-state index contributed by atoms with van der Waals surface area (Å²) in [5.41, 5.74) is -0.305. The summed E-state index contributed by atoms with van der Waals surface area (Å²) in [7, 11) is 0. The van der Waals surface area contributed by atoms with Crippen LogP contribution in [0.3, 0.4) is 0 Å². The number of fused-ring (bicyclic) bond motifs is 1. The molecule has 3 aromatic rings. The molecule has 0 bridgehead atoms. The fourth-order valence-electron chi connectivity index (χ4n) is 2.12. The molecule has 0 saturated heterocycles. The summed E-state index contributed by atoms with van der Waals surface area (Å²) in [6.45, 7) is 0. The van der Waals surface area contributed by atoms with Gasteiger partial charge in [-0.05, 0) is 23.9 Å². The summed E-state index contributed by atoms with van der Waals surface area (Å²) in [5.74, 6) is -2.35. The number of alkyl halides is 1. The van der Waals surface area contributed by atoms with E-state index in [0.29, 0.717) is 9.16 Å². The molecule has 0 saturated carbocycles. The van der Waals surface area contributed by atoms with E-state index in [1.54, 1.807) is 24.3 Å². The zero-order valence-electron chi connectivity index (χ0n) is 11.5. The highest BCUT2D eigenvalue weighted by Crippen LogP contribution is 2.30. The SMILES string of the molecule is O=[n+]1c(Sc2ccccc2)c(CBr)n([O-])c2cc(F)c(F)cc21. The molecule has 0 atom stereocenters. The molecule has 23 heavy (non-hydrogen) atoms. The normalized spacial score (nSPS) is 11.1. The van der Waals surface area contributed by atoms with Crippen molar-refractivity contribution in [3.05, 3.63) is 69.9 Å². The lowest BCUT2D eigenvalue weighted by atomic mass is 10.2. The van der Waals surface area contributed by atoms with Crippen LogP contribution in [0.5, 0.6) is 0 Å². The van der Waals surface area contributed by atoms with Gasteiger partial charge in [0.15, 0.2) is 11.6 Å². The standard InChI is InChI=1S/C15H9BrF2N2O2S/c16-8-14-15(23-9-4-2-1-3-5-9)20(22)13-7-11(18)10(17)6-12(13)19(14)21/h1-7H,8H2. The first-order valence-electron chi connectivity index (χ1n) is 6.48. The van der Waals surface area contributed by atoms with Crippen LogP contribution in [0.1, 0.15) is 5.69 Å². The van der Waals surface area contributed by atoms with Crippen LogP contribution in [0.15, 0.2) is 52.4 Å². The zero-order valence-corrected chi connectivity index (χ0v) is 13.9. The highest BCUT2D eigenvalue weighted by molar-refractivity contribution is 9.08. The van der Waals surface area contributed by atoms with E-state index in [1.807, 2.05) is 6.07 Å². The van der Waals surface area contributed by atoms with Gasteiger partial charge in [0.1, 0.15) is 11.2 Å². The maximum absolute atomic E-state index is 13.4. The molecule has 0 aliphatic carbocycles. The van der Waals surface area contributed by atoms with E-state index in [-0.39, 0.29) is 27.1 Å². The van der Waals surface area contributed by atoms with Gasteiger partial charge in [-0.3, -0.25) is 0 Å². The zero-order chi connectivity index (χ0) is 16.6. The molecule has 0 aliphatic heterocycles. The molecule has 0 radical (unpaired) electrons. The average molecular weight is 399 g/mol. The second-order valence-electron chi connectivity index (χ2n) is 4.64. The highest BCUT2D eigenvalue weighted by atomic mass is 79.9. The summed E-state index contributed by atoms with van der Waals surface area (Å²) in [6.07, 6.45) is 0. The summed E-state index contributed by atoms with van der Waals surface area (Å²) < 4.78 is 27.7. The van der Waals surface area contributed by atoms with Crippen LogP contribution < -0.4 is 4.43 Å². The van der Waals surface area contributed by atoms with E-state index in [4.69, 9.17) is 0 Å². The molecular formula is C15H9BrF2N2O2S. The number of aromatic nitrogens is 2. The van der Waals surface area contributed by atoms with Crippen molar-refractivity contribution < 1.29 is 13.2 Å². The number of nitrogens with zero attached hydrogens (tertiary/aromatic N) is 2. The monoisotopic (exact) mass is 398 g/mol. The van der Waals surface area contributed by atoms with E-state index in [0.717, 1.165) is 28.8 Å². The molecule has 8 heteroatoms. The Morgan fingerprint density at radius 1 is 1.17 bits per heavy atom. The average Bonchev–Trinajstić information content (AvgIpc) is 2.55. The minimum atomic E-state index is -1.18. The molecular weight excluding hydrogens is 390 g/mol. The first-order chi connectivity index (χ1) is 11.0. The Balaban J connectivity index is 2.31. The third-order valence-corrected chi connectivity index (χ3v) is 4.85. The van der Waals surface area contributed by atoms with Gasteiger partial charge in [0.05, 0.1) is 15.8 Å². The lowest BCUT2D eigenvalue weighted by Crippen LogP contribution is -2.24. The van der Waals surface area contributed by atoms with Crippen LogP contribution in [0, 0.1) is 21.7 Å². The maximum Gasteiger partial charge on any atom is 0.322 e. The summed E-state index contributed by atoms with van der Waals surface area (Å²) >= 11 is 4.26. The van der Waals surface area contributed by atoms with Crippen molar-refractivity contribution >= 4 is 38.7 Å². The first-order valence-corrected chi connectivity index (χ1v) is 8.42. The second kappa shape index (κ2) is 6.29. The van der Waals surface area contributed by atoms with Crippen LogP contribution in [0.25, 0.3) is 11.0 Å². The maximum atomic E-state index is 13.4. The Bertz CT molecular complexity index is 948. The van der Waals surface area contributed by atoms with Gasteiger partial charge in [0, 0.05) is 15.9 Å². The lowest BCUT2D eigenvalue weighted by molar-refractivity contribution is -0.511. The van der Waals surface area contributed by atoms with E-state index >= 15 is 0 Å². The molecule has 3 rings (SSSR count). The van der Waals surface area contributed by atoms with Gasteiger partial charge in [0.2, 0.25) is 0 Å². The van der Waals surface area contributed by atoms with Crippen LogP contribution in [-0.2, 0) is 5.33 Å². The van der Waals surface area contributed by atoms with Crippen molar-refractivity contribution in [2.24, 2.45) is 0 Å². The first kappa shape index (κ1) is 15.9. The third kappa shape index (κ3) is 2.84. The van der Waals surface area contributed by atoms with Gasteiger partial charge in [-0.1, -0.05) is 34.1 Å². The van der Waals surface area contributed by atoms with Crippen LogP contribution >= 0.6 is 27.7 Å². The molecule has 0 N–H and O–H groups in total. The van der Waals surface area contributed by atoms with Gasteiger partial charge in [-0.2, -0.15) is 0 Å². The second-order valence-corrected chi connectivity index (χ2v) is 6.27. The number of halogens is 3. The van der Waals surface area contributed by atoms with Crippen molar-refractivity contribution in [3.8, 4) is 0 Å². The van der Waals surface area contributed by atoms with Crippen LogP contribution in [-0.4, -0.2) is 4.73 Å². The Labute approximate surface area is 142 Å². The summed E-state index contributed by atoms with van der Waals surface area (Å²) in [4.78, 5) is 13.3. The van der Waals surface area contributed by atoms with Gasteiger partial charge in [-0.25, -0.2) is 8.78 Å². The largest absolute Gasteiger partial charge is 0.805 e. The van der Waals surface area contributed by atoms with Crippen molar-refractivity contribution in [2.75, 3.05) is 0 Å². The minimum absolute atomic E-state index is 0.100. The molecule has 0 spiro atoms. The Morgan fingerprint density at radius 3 is 2.48 bits per heavy atom. The van der Waals surface area contributed by atoms with Crippen molar-refractivity contribution in [1.82, 2.24) is 4.73 Å². The fourth-order valence-corrected chi connectivity index (χ4v) is 3.77. The van der Waals surface area contributed by atoms with E-state index in [2.05, 4.69) is 15.9 Å². The lowest BCUT2D eigenvalue weighted by Gasteiger charge is -2.17.